The smallest absolute Gasteiger partial charge is 0.221 e. The van der Waals surface area contributed by atoms with Gasteiger partial charge in [-0.15, -0.1) is 0 Å². The maximum Gasteiger partial charge on any atom is 0.221 e. The first-order valence-electron chi connectivity index (χ1n) is 5.44. The highest BCUT2D eigenvalue weighted by molar-refractivity contribution is 5.70. The van der Waals surface area contributed by atoms with Crippen molar-refractivity contribution in [2.24, 2.45) is 0 Å². The molecule has 2 aromatic heterocycles. The van der Waals surface area contributed by atoms with Crippen LogP contribution in [0.25, 0.3) is 11.1 Å². The highest BCUT2D eigenvalue weighted by Gasteiger charge is 2.19. The number of hydrogen-bond donors (Lipinski definition) is 0. The average Bonchev–Trinajstić information content (AvgIpc) is 2.91. The molecule has 1 aliphatic rings. The van der Waals surface area contributed by atoms with Crippen LogP contribution in [0.5, 0.6) is 5.88 Å². The Kier molecular flexibility index (Phi) is 2.13. The third-order valence-corrected chi connectivity index (χ3v) is 2.99. The molecule has 1 aliphatic heterocycles. The number of methoxy groups -OCH3 is 1. The number of pyridine rings is 1. The van der Waals surface area contributed by atoms with Crippen LogP contribution >= 0.6 is 0 Å². The summed E-state index contributed by atoms with van der Waals surface area (Å²) in [6, 6.07) is 3.96. The topological polar surface area (TPSA) is 39.9 Å². The first kappa shape index (κ1) is 9.39. The Morgan fingerprint density at radius 2 is 2.31 bits per heavy atom. The number of aryl methyl sites for hydroxylation is 1. The molecular formula is C12H13N3O. The minimum absolute atomic E-state index is 0.671. The van der Waals surface area contributed by atoms with E-state index >= 15 is 0 Å². The first-order valence-corrected chi connectivity index (χ1v) is 5.44. The molecule has 16 heavy (non-hydrogen) atoms. The van der Waals surface area contributed by atoms with Crippen LogP contribution in [-0.4, -0.2) is 21.9 Å². The summed E-state index contributed by atoms with van der Waals surface area (Å²) >= 11 is 0. The van der Waals surface area contributed by atoms with E-state index in [2.05, 4.69) is 14.8 Å². The Bertz CT molecular complexity index is 519. The molecule has 2 aromatic rings. The van der Waals surface area contributed by atoms with Crippen LogP contribution in [0, 0.1) is 0 Å². The Hall–Kier alpha value is -1.84. The molecule has 0 bridgehead atoms. The summed E-state index contributed by atoms with van der Waals surface area (Å²) in [7, 11) is 1.65. The lowest BCUT2D eigenvalue weighted by molar-refractivity contribution is 0.399. The van der Waals surface area contributed by atoms with Crippen LogP contribution in [-0.2, 0) is 13.0 Å². The van der Waals surface area contributed by atoms with E-state index in [1.165, 1.54) is 12.1 Å². The van der Waals surface area contributed by atoms with E-state index in [0.29, 0.717) is 5.88 Å². The molecule has 0 aromatic carbocycles. The molecule has 0 unspecified atom stereocenters. The SMILES string of the molecule is COc1ncccc1-c1cnn2c1CCC2. The molecule has 0 spiro atoms. The van der Waals surface area contributed by atoms with E-state index in [9.17, 15) is 0 Å². The molecule has 0 atom stereocenters. The van der Waals surface area contributed by atoms with Crippen LogP contribution in [0.3, 0.4) is 0 Å². The number of aromatic nitrogens is 3. The van der Waals surface area contributed by atoms with Gasteiger partial charge in [0.05, 0.1) is 13.3 Å². The Balaban J connectivity index is 2.15. The summed E-state index contributed by atoms with van der Waals surface area (Å²) in [6.07, 6.45) is 5.92. The van der Waals surface area contributed by atoms with Gasteiger partial charge in [0.2, 0.25) is 5.88 Å². The molecule has 3 rings (SSSR count). The minimum Gasteiger partial charge on any atom is -0.481 e. The van der Waals surface area contributed by atoms with Gasteiger partial charge in [-0.3, -0.25) is 4.68 Å². The summed E-state index contributed by atoms with van der Waals surface area (Å²) in [5.41, 5.74) is 3.49. The number of hydrogen-bond acceptors (Lipinski definition) is 3. The lowest BCUT2D eigenvalue weighted by atomic mass is 10.1. The fourth-order valence-electron chi connectivity index (χ4n) is 2.25. The van der Waals surface area contributed by atoms with Crippen molar-refractivity contribution in [2.75, 3.05) is 7.11 Å². The number of rotatable bonds is 2. The van der Waals surface area contributed by atoms with Crippen molar-refractivity contribution in [2.45, 2.75) is 19.4 Å². The zero-order valence-corrected chi connectivity index (χ0v) is 9.18. The quantitative estimate of drug-likeness (QED) is 0.768. The van der Waals surface area contributed by atoms with E-state index in [4.69, 9.17) is 4.74 Å². The van der Waals surface area contributed by atoms with Gasteiger partial charge in [-0.1, -0.05) is 0 Å². The lowest BCUT2D eigenvalue weighted by Gasteiger charge is -2.06. The fraction of sp³-hybridized carbons (Fsp3) is 0.333. The van der Waals surface area contributed by atoms with Crippen LogP contribution < -0.4 is 4.74 Å². The molecule has 3 heterocycles. The first-order chi connectivity index (χ1) is 7.90. The lowest BCUT2D eigenvalue weighted by Crippen LogP contribution is -1.94. The third kappa shape index (κ3) is 1.30. The van der Waals surface area contributed by atoms with Gasteiger partial charge in [0.25, 0.3) is 0 Å². The Morgan fingerprint density at radius 3 is 3.19 bits per heavy atom. The standard InChI is InChI=1S/C12H13N3O/c1-16-12-9(4-2-6-13-12)10-8-14-15-7-3-5-11(10)15/h2,4,6,8H,3,5,7H2,1H3. The van der Waals surface area contributed by atoms with E-state index in [1.807, 2.05) is 18.3 Å². The predicted octanol–water partition coefficient (Wildman–Crippen LogP) is 1.90. The number of ether oxygens (including phenoxy) is 1. The van der Waals surface area contributed by atoms with Gasteiger partial charge in [0.1, 0.15) is 0 Å². The molecule has 0 saturated heterocycles. The molecule has 0 aliphatic carbocycles. The van der Waals surface area contributed by atoms with Crippen molar-refractivity contribution >= 4 is 0 Å². The maximum absolute atomic E-state index is 5.28. The summed E-state index contributed by atoms with van der Waals surface area (Å²) in [4.78, 5) is 4.22. The van der Waals surface area contributed by atoms with Crippen molar-refractivity contribution in [3.63, 3.8) is 0 Å². The van der Waals surface area contributed by atoms with E-state index < -0.39 is 0 Å². The van der Waals surface area contributed by atoms with Gasteiger partial charge in [0.15, 0.2) is 0 Å². The van der Waals surface area contributed by atoms with Crippen molar-refractivity contribution in [3.8, 4) is 17.0 Å². The van der Waals surface area contributed by atoms with E-state index in [0.717, 1.165) is 24.1 Å². The van der Waals surface area contributed by atoms with Crippen molar-refractivity contribution in [1.82, 2.24) is 14.8 Å². The number of fused-ring (bicyclic) bond motifs is 1. The van der Waals surface area contributed by atoms with Gasteiger partial charge in [-0.25, -0.2) is 4.98 Å². The highest BCUT2D eigenvalue weighted by atomic mass is 16.5. The second-order valence-corrected chi connectivity index (χ2v) is 3.89. The second-order valence-electron chi connectivity index (χ2n) is 3.89. The van der Waals surface area contributed by atoms with Gasteiger partial charge in [-0.2, -0.15) is 5.10 Å². The summed E-state index contributed by atoms with van der Waals surface area (Å²) in [5.74, 6) is 0.671. The largest absolute Gasteiger partial charge is 0.481 e. The molecule has 0 fully saturated rings. The van der Waals surface area contributed by atoms with Crippen molar-refractivity contribution < 1.29 is 4.74 Å². The summed E-state index contributed by atoms with van der Waals surface area (Å²) in [6.45, 7) is 1.03. The molecule has 82 valence electrons. The fourth-order valence-corrected chi connectivity index (χ4v) is 2.25. The zero-order valence-electron chi connectivity index (χ0n) is 9.18. The van der Waals surface area contributed by atoms with Crippen molar-refractivity contribution in [3.05, 3.63) is 30.2 Å². The molecule has 0 saturated carbocycles. The van der Waals surface area contributed by atoms with Crippen molar-refractivity contribution in [1.29, 1.82) is 0 Å². The molecular weight excluding hydrogens is 202 g/mol. The normalized spacial score (nSPS) is 13.8. The monoisotopic (exact) mass is 215 g/mol. The van der Waals surface area contributed by atoms with Gasteiger partial charge in [-0.05, 0) is 25.0 Å². The highest BCUT2D eigenvalue weighted by Crippen LogP contribution is 2.32. The van der Waals surface area contributed by atoms with Gasteiger partial charge < -0.3 is 4.74 Å². The van der Waals surface area contributed by atoms with Gasteiger partial charge >= 0.3 is 0 Å². The van der Waals surface area contributed by atoms with Gasteiger partial charge in [0, 0.05) is 29.6 Å². The molecule has 4 nitrogen and oxygen atoms in total. The minimum atomic E-state index is 0.671. The molecule has 0 amide bonds. The van der Waals surface area contributed by atoms with Crippen LogP contribution in [0.4, 0.5) is 0 Å². The Morgan fingerprint density at radius 1 is 1.38 bits per heavy atom. The van der Waals surface area contributed by atoms with Crippen LogP contribution in [0.1, 0.15) is 12.1 Å². The van der Waals surface area contributed by atoms with Crippen LogP contribution in [0.15, 0.2) is 24.5 Å². The predicted molar refractivity (Wildman–Crippen MR) is 60.3 cm³/mol. The maximum atomic E-state index is 5.28. The summed E-state index contributed by atoms with van der Waals surface area (Å²) < 4.78 is 7.35. The second kappa shape index (κ2) is 3.63. The van der Waals surface area contributed by atoms with Crippen LogP contribution in [0.2, 0.25) is 0 Å². The molecule has 0 N–H and O–H groups in total. The summed E-state index contributed by atoms with van der Waals surface area (Å²) in [5, 5.41) is 4.38. The molecule has 4 heteroatoms. The third-order valence-electron chi connectivity index (χ3n) is 2.99. The average molecular weight is 215 g/mol. The van der Waals surface area contributed by atoms with E-state index in [1.54, 1.807) is 13.3 Å². The van der Waals surface area contributed by atoms with E-state index in [-0.39, 0.29) is 0 Å². The molecule has 0 radical (unpaired) electrons. The Labute approximate surface area is 93.9 Å². The number of nitrogens with zero attached hydrogens (tertiary/aromatic N) is 3. The zero-order chi connectivity index (χ0) is 11.0.